The molecule has 0 atom stereocenters. The predicted octanol–water partition coefficient (Wildman–Crippen LogP) is 3.01. The number of methoxy groups -OCH3 is 2. The van der Waals surface area contributed by atoms with Crippen molar-refractivity contribution in [2.24, 2.45) is 4.99 Å². The molecule has 0 unspecified atom stereocenters. The summed E-state index contributed by atoms with van der Waals surface area (Å²) in [5.74, 6) is 0.694. The van der Waals surface area contributed by atoms with Crippen LogP contribution in [0.2, 0.25) is 0 Å². The van der Waals surface area contributed by atoms with Crippen LogP contribution >= 0.6 is 0 Å². The molecule has 0 spiro atoms. The summed E-state index contributed by atoms with van der Waals surface area (Å²) >= 11 is 0. The zero-order chi connectivity index (χ0) is 19.4. The van der Waals surface area contributed by atoms with E-state index in [9.17, 15) is 9.59 Å². The predicted molar refractivity (Wildman–Crippen MR) is 101 cm³/mol. The maximum Gasteiger partial charge on any atom is 0.363 e. The third-order valence-corrected chi connectivity index (χ3v) is 3.80. The van der Waals surface area contributed by atoms with Crippen LogP contribution in [-0.2, 0) is 14.3 Å². The van der Waals surface area contributed by atoms with Gasteiger partial charge in [-0.1, -0.05) is 0 Å². The molecule has 1 N–H and O–H groups in total. The van der Waals surface area contributed by atoms with E-state index in [0.717, 1.165) is 0 Å². The molecule has 0 saturated heterocycles. The molecule has 0 saturated carbocycles. The Hall–Kier alpha value is -3.61. The molecule has 0 aromatic heterocycles. The highest BCUT2D eigenvalue weighted by Gasteiger charge is 2.24. The lowest BCUT2D eigenvalue weighted by Gasteiger charge is -2.07. The number of nitrogens with one attached hydrogen (secondary N) is 1. The van der Waals surface area contributed by atoms with E-state index in [0.29, 0.717) is 28.3 Å². The third kappa shape index (κ3) is 4.14. The molecular formula is C20H18N2O5. The highest BCUT2D eigenvalue weighted by Crippen LogP contribution is 2.28. The molecule has 2 aromatic carbocycles. The quantitative estimate of drug-likeness (QED) is 0.649. The number of hydrogen-bond acceptors (Lipinski definition) is 6. The number of carbonyl (C=O) groups is 2. The van der Waals surface area contributed by atoms with Crippen molar-refractivity contribution in [3.8, 4) is 11.5 Å². The Kier molecular flexibility index (Phi) is 5.21. The van der Waals surface area contributed by atoms with E-state index in [-0.39, 0.29) is 17.5 Å². The van der Waals surface area contributed by atoms with Gasteiger partial charge in [0.25, 0.3) is 0 Å². The molecule has 138 valence electrons. The number of anilines is 1. The van der Waals surface area contributed by atoms with E-state index >= 15 is 0 Å². The molecule has 1 aliphatic rings. The lowest BCUT2D eigenvalue weighted by atomic mass is 10.1. The number of aliphatic imine (C=N–C) groups is 1. The van der Waals surface area contributed by atoms with Crippen molar-refractivity contribution in [3.05, 3.63) is 59.3 Å². The van der Waals surface area contributed by atoms with Gasteiger partial charge in [0, 0.05) is 23.7 Å². The Morgan fingerprint density at radius 3 is 2.48 bits per heavy atom. The number of nitrogens with zero attached hydrogens (tertiary/aromatic N) is 1. The van der Waals surface area contributed by atoms with Crippen LogP contribution in [0.5, 0.6) is 11.5 Å². The maximum absolute atomic E-state index is 12.2. The molecule has 2 aromatic rings. The molecule has 0 bridgehead atoms. The Morgan fingerprint density at radius 1 is 1.11 bits per heavy atom. The van der Waals surface area contributed by atoms with E-state index in [4.69, 9.17) is 14.2 Å². The third-order valence-electron chi connectivity index (χ3n) is 3.80. The lowest BCUT2D eigenvalue weighted by Crippen LogP contribution is -2.07. The van der Waals surface area contributed by atoms with Crippen molar-refractivity contribution in [1.29, 1.82) is 0 Å². The molecule has 0 aliphatic carbocycles. The van der Waals surface area contributed by atoms with Gasteiger partial charge in [-0.05, 0) is 48.5 Å². The Labute approximate surface area is 156 Å². The van der Waals surface area contributed by atoms with Crippen molar-refractivity contribution in [2.45, 2.75) is 6.92 Å². The molecule has 7 nitrogen and oxygen atoms in total. The smallest absolute Gasteiger partial charge is 0.363 e. The highest BCUT2D eigenvalue weighted by molar-refractivity contribution is 6.13. The fourth-order valence-electron chi connectivity index (χ4n) is 2.53. The monoisotopic (exact) mass is 366 g/mol. The van der Waals surface area contributed by atoms with Crippen molar-refractivity contribution in [1.82, 2.24) is 0 Å². The fourth-order valence-corrected chi connectivity index (χ4v) is 2.53. The summed E-state index contributed by atoms with van der Waals surface area (Å²) in [4.78, 5) is 27.6. The molecule has 3 rings (SSSR count). The number of esters is 1. The Morgan fingerprint density at radius 2 is 1.85 bits per heavy atom. The standard InChI is InChI=1S/C20H18N2O5/c1-12(23)21-15-6-4-13(5-7-15)19-22-17(20(24)27-19)11-14-10-16(25-2)8-9-18(14)26-3/h4-11H,1-3H3,(H,21,23)/b17-11+. The molecule has 1 aliphatic heterocycles. The number of carbonyl (C=O) groups excluding carboxylic acids is 2. The molecule has 0 fully saturated rings. The first kappa shape index (κ1) is 18.2. The van der Waals surface area contributed by atoms with Crippen molar-refractivity contribution in [2.75, 3.05) is 19.5 Å². The van der Waals surface area contributed by atoms with Crippen LogP contribution in [0.3, 0.4) is 0 Å². The van der Waals surface area contributed by atoms with Crippen LogP contribution in [0.25, 0.3) is 6.08 Å². The minimum Gasteiger partial charge on any atom is -0.497 e. The number of benzene rings is 2. The Bertz CT molecular complexity index is 945. The van der Waals surface area contributed by atoms with Crippen LogP contribution in [0, 0.1) is 0 Å². The van der Waals surface area contributed by atoms with Gasteiger partial charge in [-0.25, -0.2) is 9.79 Å². The first-order valence-electron chi connectivity index (χ1n) is 8.13. The number of hydrogen-bond donors (Lipinski definition) is 1. The SMILES string of the molecule is COc1ccc(OC)c(/C=C2/N=C(c3ccc(NC(C)=O)cc3)OC2=O)c1. The summed E-state index contributed by atoms with van der Waals surface area (Å²) in [6.45, 7) is 1.43. The van der Waals surface area contributed by atoms with Gasteiger partial charge in [-0.2, -0.15) is 0 Å². The summed E-state index contributed by atoms with van der Waals surface area (Å²) in [7, 11) is 3.10. The molecular weight excluding hydrogens is 348 g/mol. The summed E-state index contributed by atoms with van der Waals surface area (Å²) in [5.41, 5.74) is 2.07. The zero-order valence-electron chi connectivity index (χ0n) is 15.1. The van der Waals surface area contributed by atoms with Crippen LogP contribution in [0.15, 0.2) is 53.2 Å². The Balaban J connectivity index is 1.90. The summed E-state index contributed by atoms with van der Waals surface area (Å²) in [6, 6.07) is 12.1. The molecule has 0 radical (unpaired) electrons. The van der Waals surface area contributed by atoms with Gasteiger partial charge < -0.3 is 19.5 Å². The van der Waals surface area contributed by atoms with Crippen molar-refractivity contribution >= 4 is 29.5 Å². The topological polar surface area (TPSA) is 86.2 Å². The first-order chi connectivity index (χ1) is 13.0. The van der Waals surface area contributed by atoms with E-state index in [1.807, 2.05) is 0 Å². The van der Waals surface area contributed by atoms with Crippen molar-refractivity contribution in [3.63, 3.8) is 0 Å². The van der Waals surface area contributed by atoms with Gasteiger partial charge in [-0.15, -0.1) is 0 Å². The minimum absolute atomic E-state index is 0.155. The van der Waals surface area contributed by atoms with E-state index in [1.54, 1.807) is 62.8 Å². The van der Waals surface area contributed by atoms with Gasteiger partial charge in [-0.3, -0.25) is 4.79 Å². The number of amides is 1. The van der Waals surface area contributed by atoms with E-state index < -0.39 is 5.97 Å². The van der Waals surface area contributed by atoms with Crippen LogP contribution < -0.4 is 14.8 Å². The molecule has 1 amide bonds. The molecule has 27 heavy (non-hydrogen) atoms. The number of ether oxygens (including phenoxy) is 3. The van der Waals surface area contributed by atoms with Gasteiger partial charge in [0.15, 0.2) is 5.70 Å². The molecule has 1 heterocycles. The average Bonchev–Trinajstić information content (AvgIpc) is 3.02. The van der Waals surface area contributed by atoms with Crippen LogP contribution in [0.4, 0.5) is 5.69 Å². The summed E-state index contributed by atoms with van der Waals surface area (Å²) in [5, 5.41) is 2.67. The van der Waals surface area contributed by atoms with E-state index in [1.165, 1.54) is 6.92 Å². The fraction of sp³-hybridized carbons (Fsp3) is 0.150. The summed E-state index contributed by atoms with van der Waals surface area (Å²) in [6.07, 6.45) is 1.59. The highest BCUT2D eigenvalue weighted by atomic mass is 16.6. The van der Waals surface area contributed by atoms with Crippen molar-refractivity contribution < 1.29 is 23.8 Å². The minimum atomic E-state index is -0.555. The largest absolute Gasteiger partial charge is 0.497 e. The van der Waals surface area contributed by atoms with E-state index in [2.05, 4.69) is 10.3 Å². The van der Waals surface area contributed by atoms with Gasteiger partial charge in [0.2, 0.25) is 11.8 Å². The second-order valence-corrected chi connectivity index (χ2v) is 5.70. The first-order valence-corrected chi connectivity index (χ1v) is 8.13. The molecule has 7 heteroatoms. The van der Waals surface area contributed by atoms with Gasteiger partial charge in [0.1, 0.15) is 11.5 Å². The maximum atomic E-state index is 12.2. The lowest BCUT2D eigenvalue weighted by molar-refractivity contribution is -0.129. The van der Waals surface area contributed by atoms with Gasteiger partial charge in [0.05, 0.1) is 14.2 Å². The second kappa shape index (κ2) is 7.74. The van der Waals surface area contributed by atoms with Crippen LogP contribution in [-0.4, -0.2) is 32.0 Å². The van der Waals surface area contributed by atoms with Gasteiger partial charge >= 0.3 is 5.97 Å². The second-order valence-electron chi connectivity index (χ2n) is 5.70. The number of rotatable bonds is 5. The number of cyclic esters (lactones) is 1. The normalized spacial score (nSPS) is 14.6. The average molecular weight is 366 g/mol. The van der Waals surface area contributed by atoms with Crippen LogP contribution in [0.1, 0.15) is 18.1 Å². The zero-order valence-corrected chi connectivity index (χ0v) is 15.1. The summed E-state index contributed by atoms with van der Waals surface area (Å²) < 4.78 is 15.8.